The molecule has 0 heterocycles. The van der Waals surface area contributed by atoms with Gasteiger partial charge in [-0.1, -0.05) is 0 Å². The summed E-state index contributed by atoms with van der Waals surface area (Å²) in [5, 5.41) is 0. The molecule has 0 aliphatic heterocycles. The first-order valence-electron chi connectivity index (χ1n) is 9.39. The van der Waals surface area contributed by atoms with Gasteiger partial charge in [0, 0.05) is 0 Å². The molecule has 2 aliphatic carbocycles. The van der Waals surface area contributed by atoms with Gasteiger partial charge in [0.15, 0.2) is 0 Å². The molecule has 5 rings (SSSR count). The molecule has 0 N–H and O–H groups in total. The molecule has 126 valence electrons. The Bertz CT molecular complexity index is 1090. The first-order valence-corrected chi connectivity index (χ1v) is 15.9. The predicted molar refractivity (Wildman–Crippen MR) is 110 cm³/mol. The van der Waals surface area contributed by atoms with Crippen LogP contribution in [0.3, 0.4) is 0 Å². The van der Waals surface area contributed by atoms with Gasteiger partial charge in [0.1, 0.15) is 0 Å². The van der Waals surface area contributed by atoms with Crippen LogP contribution in [0.4, 0.5) is 0 Å². The maximum atomic E-state index is 2.55. The van der Waals surface area contributed by atoms with Gasteiger partial charge in [-0.05, 0) is 0 Å². The first kappa shape index (κ1) is 16.5. The molecule has 0 spiro atoms. The summed E-state index contributed by atoms with van der Waals surface area (Å²) in [7, 11) is 0. The van der Waals surface area contributed by atoms with Crippen molar-refractivity contribution in [3.63, 3.8) is 0 Å². The van der Waals surface area contributed by atoms with Gasteiger partial charge in [-0.3, -0.25) is 0 Å². The summed E-state index contributed by atoms with van der Waals surface area (Å²) < 4.78 is 2.44. The number of benzene rings is 3. The van der Waals surface area contributed by atoms with E-state index < -0.39 is 16.6 Å². The summed E-state index contributed by atoms with van der Waals surface area (Å²) in [6, 6.07) is 25.2. The maximum absolute atomic E-state index is 2.55. The third-order valence-corrected chi connectivity index (χ3v) is 17.7. The second-order valence-electron chi connectivity index (χ2n) is 7.54. The average Bonchev–Trinajstić information content (AvgIpc) is 3.24. The van der Waals surface area contributed by atoms with E-state index in [0.717, 1.165) is 6.42 Å². The molecular weight excluding hydrogens is 364 g/mol. The van der Waals surface area contributed by atoms with Crippen molar-refractivity contribution < 1.29 is 16.6 Å². The Balaban J connectivity index is 1.69. The Labute approximate surface area is 162 Å². The van der Waals surface area contributed by atoms with Crippen LogP contribution in [0, 0.1) is 0 Å². The van der Waals surface area contributed by atoms with Crippen LogP contribution in [-0.2, 0) is 23.0 Å². The van der Waals surface area contributed by atoms with Gasteiger partial charge in [-0.2, -0.15) is 0 Å². The molecule has 26 heavy (non-hydrogen) atoms. The third-order valence-electron chi connectivity index (χ3n) is 5.79. The molecule has 0 saturated carbocycles. The third kappa shape index (κ3) is 2.53. The van der Waals surface area contributed by atoms with E-state index in [1.54, 1.807) is 15.0 Å². The molecule has 3 aromatic carbocycles. The van der Waals surface area contributed by atoms with E-state index in [2.05, 4.69) is 92.0 Å². The van der Waals surface area contributed by atoms with Crippen molar-refractivity contribution in [1.82, 2.24) is 0 Å². The zero-order chi connectivity index (χ0) is 17.7. The molecule has 2 aliphatic rings. The van der Waals surface area contributed by atoms with Crippen LogP contribution in [0.15, 0.2) is 72.8 Å². The van der Waals surface area contributed by atoms with Crippen molar-refractivity contribution in [2.75, 3.05) is 0 Å². The second-order valence-corrected chi connectivity index (χ2v) is 19.6. The van der Waals surface area contributed by atoms with Gasteiger partial charge in [0.25, 0.3) is 0 Å². The minimum absolute atomic E-state index is 0.342. The van der Waals surface area contributed by atoms with Crippen LogP contribution in [-0.4, -0.2) is 6.19 Å². The Morgan fingerprint density at radius 2 is 1.62 bits per heavy atom. The van der Waals surface area contributed by atoms with E-state index in [4.69, 9.17) is 0 Å². The Morgan fingerprint density at radius 3 is 2.50 bits per heavy atom. The predicted octanol–water partition coefficient (Wildman–Crippen LogP) is 5.52. The molecule has 0 saturated heterocycles. The van der Waals surface area contributed by atoms with Crippen LogP contribution in [0.25, 0.3) is 17.2 Å². The van der Waals surface area contributed by atoms with Crippen molar-refractivity contribution in [1.29, 1.82) is 0 Å². The molecule has 1 unspecified atom stereocenters. The van der Waals surface area contributed by atoms with E-state index in [9.17, 15) is 0 Å². The topological polar surface area (TPSA) is 0 Å². The molecule has 2 heteroatoms. The van der Waals surface area contributed by atoms with Gasteiger partial charge in [-0.15, -0.1) is 0 Å². The first-order chi connectivity index (χ1) is 12.7. The van der Waals surface area contributed by atoms with Crippen LogP contribution in [0.2, 0.25) is 13.1 Å². The van der Waals surface area contributed by atoms with Crippen molar-refractivity contribution in [3.05, 3.63) is 95.1 Å². The van der Waals surface area contributed by atoms with Gasteiger partial charge in [0.05, 0.1) is 0 Å². The summed E-state index contributed by atoms with van der Waals surface area (Å²) in [5.41, 5.74) is 9.15. The quantitative estimate of drug-likeness (QED) is 0.398. The Hall–Kier alpha value is -1.67. The fourth-order valence-corrected chi connectivity index (χ4v) is 16.4. The van der Waals surface area contributed by atoms with Crippen molar-refractivity contribution in [2.45, 2.75) is 23.7 Å². The van der Waals surface area contributed by atoms with Crippen molar-refractivity contribution in [3.8, 4) is 11.1 Å². The standard InChI is InChI=1S/C13H9.C9H7.C2H6Si.Ti/c1-3-7-12-10(5-1)9-11-6-2-4-8-13(11)12;1-2-5-9-7-3-6-8(9)4-1;1-3-2;/h1-5,7-8H,9H2;1-7H;1-2H3;. The Morgan fingerprint density at radius 1 is 0.846 bits per heavy atom. The van der Waals surface area contributed by atoms with Gasteiger partial charge >= 0.3 is 163 Å². The van der Waals surface area contributed by atoms with Crippen LogP contribution < -0.4 is 3.87 Å². The fourth-order valence-electron chi connectivity index (χ4n) is 4.66. The zero-order valence-corrected chi connectivity index (χ0v) is 17.9. The molecule has 0 aromatic heterocycles. The molecule has 0 bridgehead atoms. The molecular formula is C24H22SiTi. The number of hydrogen-bond acceptors (Lipinski definition) is 0. The summed E-state index contributed by atoms with van der Waals surface area (Å²) in [5.74, 6) is 0. The van der Waals surface area contributed by atoms with Crippen LogP contribution in [0.5, 0.6) is 0 Å². The van der Waals surface area contributed by atoms with Crippen molar-refractivity contribution >= 4 is 16.1 Å². The summed E-state index contributed by atoms with van der Waals surface area (Å²) >= 11 is -1.46. The van der Waals surface area contributed by atoms with E-state index in [1.165, 1.54) is 22.3 Å². The Kier molecular flexibility index (Phi) is 4.12. The van der Waals surface area contributed by atoms with Crippen LogP contribution in [0.1, 0.15) is 26.5 Å². The second kappa shape index (κ2) is 6.49. The van der Waals surface area contributed by atoms with E-state index in [0.29, 0.717) is 4.22 Å². The van der Waals surface area contributed by atoms with Gasteiger partial charge in [0.2, 0.25) is 0 Å². The van der Waals surface area contributed by atoms with Crippen LogP contribution >= 0.6 is 0 Å². The van der Waals surface area contributed by atoms with E-state index >= 15 is 0 Å². The monoisotopic (exact) mass is 386 g/mol. The SMILES string of the molecule is C[Si](C)=[Ti]([c]1cccc2c1Cc1ccccc1-2)[CH]1C=Cc2ccccc21. The van der Waals surface area contributed by atoms with Crippen molar-refractivity contribution in [2.24, 2.45) is 0 Å². The molecule has 3 aromatic rings. The zero-order valence-electron chi connectivity index (χ0n) is 15.3. The summed E-state index contributed by atoms with van der Waals surface area (Å²) in [6.45, 7) is 5.10. The molecule has 0 radical (unpaired) electrons. The van der Waals surface area contributed by atoms with Gasteiger partial charge < -0.3 is 0 Å². The summed E-state index contributed by atoms with van der Waals surface area (Å²) in [6.07, 6.45) is 5.69. The number of allylic oxidation sites excluding steroid dienone is 1. The molecule has 1 atom stereocenters. The normalized spacial score (nSPS) is 16.2. The molecule has 0 amide bonds. The summed E-state index contributed by atoms with van der Waals surface area (Å²) in [4.78, 5) is 0. The number of rotatable bonds is 2. The number of fused-ring (bicyclic) bond motifs is 4. The average molecular weight is 386 g/mol. The van der Waals surface area contributed by atoms with E-state index in [-0.39, 0.29) is 6.19 Å². The fraction of sp³-hybridized carbons (Fsp3) is 0.167. The van der Waals surface area contributed by atoms with E-state index in [1.807, 2.05) is 0 Å². The molecule has 0 fully saturated rings. The number of hydrogen-bond donors (Lipinski definition) is 0. The van der Waals surface area contributed by atoms with Gasteiger partial charge in [-0.25, -0.2) is 0 Å². The minimum atomic E-state index is -1.46. The molecule has 0 nitrogen and oxygen atoms in total.